The van der Waals surface area contributed by atoms with Crippen LogP contribution < -0.4 is 5.32 Å². The molecule has 6 heteroatoms. The second kappa shape index (κ2) is 7.78. The van der Waals surface area contributed by atoms with Gasteiger partial charge in [0.05, 0.1) is 11.9 Å². The van der Waals surface area contributed by atoms with Gasteiger partial charge in [-0.2, -0.15) is 9.61 Å². The number of nitrogens with one attached hydrogen (secondary N) is 1. The fourth-order valence-corrected chi connectivity index (χ4v) is 3.51. The van der Waals surface area contributed by atoms with Crippen LogP contribution in [0.15, 0.2) is 48.7 Å². The Hall–Kier alpha value is -2.89. The van der Waals surface area contributed by atoms with E-state index in [2.05, 4.69) is 22.3 Å². The van der Waals surface area contributed by atoms with Gasteiger partial charge in [0.2, 0.25) is 5.91 Å². The number of anilines is 1. The van der Waals surface area contributed by atoms with E-state index in [-0.39, 0.29) is 5.91 Å². The van der Waals surface area contributed by atoms with Gasteiger partial charge in [0.1, 0.15) is 5.82 Å². The number of fused-ring (bicyclic) bond motifs is 1. The van der Waals surface area contributed by atoms with Gasteiger partial charge >= 0.3 is 0 Å². The molecule has 1 aliphatic rings. The van der Waals surface area contributed by atoms with Crippen molar-refractivity contribution in [3.63, 3.8) is 0 Å². The molecule has 140 valence electrons. The molecular weight excluding hydrogens is 338 g/mol. The standard InChI is InChI=1S/C21H25N5O/c1-16-9-13-25(14-10-16)21(27)8-11-22-20-15-18(17-5-3-2-4-6-17)24-19-7-12-23-26(19)20/h2-7,12,15-16,22H,8-11,13-14H2,1H3. The number of likely N-dealkylation sites (tertiary alicyclic amines) is 1. The summed E-state index contributed by atoms with van der Waals surface area (Å²) in [6.45, 7) is 4.61. The average Bonchev–Trinajstić information content (AvgIpc) is 3.18. The van der Waals surface area contributed by atoms with E-state index in [0.29, 0.717) is 13.0 Å². The zero-order chi connectivity index (χ0) is 18.6. The van der Waals surface area contributed by atoms with Gasteiger partial charge in [-0.25, -0.2) is 4.98 Å². The zero-order valence-electron chi connectivity index (χ0n) is 15.6. The Balaban J connectivity index is 1.45. The summed E-state index contributed by atoms with van der Waals surface area (Å²) in [6.07, 6.45) is 4.44. The molecule has 3 aromatic rings. The number of aromatic nitrogens is 3. The normalized spacial score (nSPS) is 15.2. The molecule has 0 atom stereocenters. The third kappa shape index (κ3) is 3.94. The first-order valence-corrected chi connectivity index (χ1v) is 9.62. The molecule has 4 rings (SSSR count). The van der Waals surface area contributed by atoms with Crippen LogP contribution in [0.4, 0.5) is 5.82 Å². The lowest BCUT2D eigenvalue weighted by atomic mass is 9.99. The Morgan fingerprint density at radius 1 is 1.19 bits per heavy atom. The Bertz CT molecular complexity index is 913. The quantitative estimate of drug-likeness (QED) is 0.754. The third-order valence-corrected chi connectivity index (χ3v) is 5.21. The fraction of sp³-hybridized carbons (Fsp3) is 0.381. The van der Waals surface area contributed by atoms with Gasteiger partial charge in [0, 0.05) is 43.8 Å². The van der Waals surface area contributed by atoms with Gasteiger partial charge in [0.15, 0.2) is 5.65 Å². The molecule has 1 amide bonds. The third-order valence-electron chi connectivity index (χ3n) is 5.21. The molecule has 1 aliphatic heterocycles. The van der Waals surface area contributed by atoms with Gasteiger partial charge in [-0.15, -0.1) is 0 Å². The molecule has 1 aromatic carbocycles. The molecule has 0 saturated carbocycles. The predicted molar refractivity (Wildman–Crippen MR) is 107 cm³/mol. The van der Waals surface area contributed by atoms with Crippen LogP contribution in [0.3, 0.4) is 0 Å². The molecule has 1 saturated heterocycles. The first-order chi connectivity index (χ1) is 13.2. The highest BCUT2D eigenvalue weighted by molar-refractivity contribution is 5.77. The first kappa shape index (κ1) is 17.5. The Kier molecular flexibility index (Phi) is 5.05. The van der Waals surface area contributed by atoms with Crippen molar-refractivity contribution in [3.8, 4) is 11.3 Å². The van der Waals surface area contributed by atoms with E-state index in [4.69, 9.17) is 0 Å². The Morgan fingerprint density at radius 3 is 2.74 bits per heavy atom. The van der Waals surface area contributed by atoms with Crippen LogP contribution in [-0.2, 0) is 4.79 Å². The maximum atomic E-state index is 12.4. The summed E-state index contributed by atoms with van der Waals surface area (Å²) in [6, 6.07) is 14.0. The first-order valence-electron chi connectivity index (χ1n) is 9.62. The molecule has 0 radical (unpaired) electrons. The summed E-state index contributed by atoms with van der Waals surface area (Å²) in [4.78, 5) is 19.1. The maximum Gasteiger partial charge on any atom is 0.224 e. The fourth-order valence-electron chi connectivity index (χ4n) is 3.51. The number of amides is 1. The van der Waals surface area contributed by atoms with Crippen LogP contribution in [0, 0.1) is 5.92 Å². The highest BCUT2D eigenvalue weighted by Crippen LogP contribution is 2.22. The number of hydrogen-bond acceptors (Lipinski definition) is 4. The second-order valence-electron chi connectivity index (χ2n) is 7.23. The minimum absolute atomic E-state index is 0.225. The lowest BCUT2D eigenvalue weighted by Gasteiger charge is -2.30. The van der Waals surface area contributed by atoms with Crippen LogP contribution in [-0.4, -0.2) is 45.0 Å². The van der Waals surface area contributed by atoms with Crippen molar-refractivity contribution in [2.75, 3.05) is 25.0 Å². The predicted octanol–water partition coefficient (Wildman–Crippen LogP) is 3.46. The summed E-state index contributed by atoms with van der Waals surface area (Å²) in [5.74, 6) is 1.81. The number of hydrogen-bond donors (Lipinski definition) is 1. The summed E-state index contributed by atoms with van der Waals surface area (Å²) in [5, 5.41) is 7.72. The van der Waals surface area contributed by atoms with E-state index in [1.165, 1.54) is 0 Å². The topological polar surface area (TPSA) is 62.5 Å². The number of nitrogens with zero attached hydrogens (tertiary/aromatic N) is 4. The summed E-state index contributed by atoms with van der Waals surface area (Å²) < 4.78 is 1.78. The molecule has 27 heavy (non-hydrogen) atoms. The summed E-state index contributed by atoms with van der Waals surface area (Å²) >= 11 is 0. The monoisotopic (exact) mass is 363 g/mol. The molecule has 0 spiro atoms. The molecule has 6 nitrogen and oxygen atoms in total. The minimum Gasteiger partial charge on any atom is -0.369 e. The molecular formula is C21H25N5O. The zero-order valence-corrected chi connectivity index (χ0v) is 15.6. The number of carbonyl (C=O) groups excluding carboxylic acids is 1. The van der Waals surface area contributed by atoms with Crippen molar-refractivity contribution in [2.24, 2.45) is 5.92 Å². The second-order valence-corrected chi connectivity index (χ2v) is 7.23. The summed E-state index contributed by atoms with van der Waals surface area (Å²) in [5.41, 5.74) is 2.74. The smallest absolute Gasteiger partial charge is 0.224 e. The number of rotatable bonds is 5. The van der Waals surface area contributed by atoms with Crippen molar-refractivity contribution in [3.05, 3.63) is 48.7 Å². The van der Waals surface area contributed by atoms with Crippen molar-refractivity contribution in [1.29, 1.82) is 0 Å². The van der Waals surface area contributed by atoms with E-state index in [0.717, 1.165) is 54.6 Å². The lowest BCUT2D eigenvalue weighted by molar-refractivity contribution is -0.132. The van der Waals surface area contributed by atoms with Crippen LogP contribution in [0.5, 0.6) is 0 Å². The van der Waals surface area contributed by atoms with E-state index in [1.54, 1.807) is 10.7 Å². The maximum absolute atomic E-state index is 12.4. The number of benzene rings is 1. The van der Waals surface area contributed by atoms with E-state index in [1.807, 2.05) is 47.4 Å². The highest BCUT2D eigenvalue weighted by Gasteiger charge is 2.19. The molecule has 0 aliphatic carbocycles. The van der Waals surface area contributed by atoms with Gasteiger partial charge in [-0.3, -0.25) is 4.79 Å². The van der Waals surface area contributed by atoms with Crippen molar-refractivity contribution < 1.29 is 4.79 Å². The van der Waals surface area contributed by atoms with Crippen molar-refractivity contribution in [2.45, 2.75) is 26.2 Å². The van der Waals surface area contributed by atoms with Crippen LogP contribution in [0.2, 0.25) is 0 Å². The highest BCUT2D eigenvalue weighted by atomic mass is 16.2. The number of carbonyl (C=O) groups is 1. The number of piperidine rings is 1. The van der Waals surface area contributed by atoms with Crippen LogP contribution in [0.1, 0.15) is 26.2 Å². The van der Waals surface area contributed by atoms with Gasteiger partial charge in [-0.05, 0) is 18.8 Å². The van der Waals surface area contributed by atoms with Gasteiger partial charge in [-0.1, -0.05) is 37.3 Å². The molecule has 0 unspecified atom stereocenters. The van der Waals surface area contributed by atoms with Gasteiger partial charge in [0.25, 0.3) is 0 Å². The molecule has 2 aromatic heterocycles. The van der Waals surface area contributed by atoms with Gasteiger partial charge < -0.3 is 10.2 Å². The van der Waals surface area contributed by atoms with Crippen molar-refractivity contribution in [1.82, 2.24) is 19.5 Å². The van der Waals surface area contributed by atoms with Crippen LogP contribution in [0.25, 0.3) is 16.9 Å². The Labute approximate surface area is 159 Å². The average molecular weight is 363 g/mol. The summed E-state index contributed by atoms with van der Waals surface area (Å²) in [7, 11) is 0. The minimum atomic E-state index is 0.225. The molecule has 1 N–H and O–H groups in total. The Morgan fingerprint density at radius 2 is 1.96 bits per heavy atom. The molecule has 1 fully saturated rings. The molecule has 3 heterocycles. The van der Waals surface area contributed by atoms with E-state index >= 15 is 0 Å². The lowest BCUT2D eigenvalue weighted by Crippen LogP contribution is -2.38. The molecule has 0 bridgehead atoms. The van der Waals surface area contributed by atoms with Crippen LogP contribution >= 0.6 is 0 Å². The van der Waals surface area contributed by atoms with Crippen molar-refractivity contribution >= 4 is 17.4 Å². The largest absolute Gasteiger partial charge is 0.369 e. The SMILES string of the molecule is CC1CCN(C(=O)CCNc2cc(-c3ccccc3)nc3ccnn23)CC1. The van der Waals surface area contributed by atoms with E-state index < -0.39 is 0 Å². The van der Waals surface area contributed by atoms with E-state index in [9.17, 15) is 4.79 Å².